The van der Waals surface area contributed by atoms with Gasteiger partial charge in [0.05, 0.1) is 12.9 Å². The smallest absolute Gasteiger partial charge is 0.158 e. The highest BCUT2D eigenvalue weighted by molar-refractivity contribution is 5.12. The summed E-state index contributed by atoms with van der Waals surface area (Å²) in [6.45, 7) is 0.784. The summed E-state index contributed by atoms with van der Waals surface area (Å²) in [4.78, 5) is 0. The summed E-state index contributed by atoms with van der Waals surface area (Å²) in [5, 5.41) is 0. The van der Waals surface area contributed by atoms with E-state index < -0.39 is 0 Å². The van der Waals surface area contributed by atoms with E-state index in [2.05, 4.69) is 6.08 Å². The Hall–Kier alpha value is -0.920. The highest BCUT2D eigenvalue weighted by atomic mass is 16.5. The Kier molecular flexibility index (Phi) is 0.979. The normalized spacial score (nSPS) is 30.2. The Morgan fingerprint density at radius 3 is 3.56 bits per heavy atom. The van der Waals surface area contributed by atoms with Gasteiger partial charge >= 0.3 is 0 Å². The number of hydrogen-bond acceptors (Lipinski definition) is 2. The zero-order chi connectivity index (χ0) is 6.10. The lowest BCUT2D eigenvalue weighted by atomic mass is 10.2. The molecule has 0 aromatic rings. The van der Waals surface area contributed by atoms with Crippen molar-refractivity contribution >= 4 is 0 Å². The number of rotatable bonds is 0. The molecule has 0 N–H and O–H groups in total. The molecule has 0 aromatic carbocycles. The van der Waals surface area contributed by atoms with Crippen molar-refractivity contribution in [1.82, 2.24) is 0 Å². The summed E-state index contributed by atoms with van der Waals surface area (Å²) in [5.41, 5.74) is 0. The van der Waals surface area contributed by atoms with Crippen molar-refractivity contribution < 1.29 is 9.47 Å². The van der Waals surface area contributed by atoms with E-state index in [1.165, 1.54) is 0 Å². The van der Waals surface area contributed by atoms with E-state index in [4.69, 9.17) is 9.47 Å². The van der Waals surface area contributed by atoms with Crippen LogP contribution in [0.3, 0.4) is 0 Å². The van der Waals surface area contributed by atoms with Gasteiger partial charge in [-0.1, -0.05) is 0 Å². The van der Waals surface area contributed by atoms with Crippen molar-refractivity contribution in [1.29, 1.82) is 0 Å². The molecular weight excluding hydrogens is 116 g/mol. The molecule has 0 amide bonds. The molecule has 0 bridgehead atoms. The molecule has 2 aliphatic rings. The van der Waals surface area contributed by atoms with Gasteiger partial charge in [0.15, 0.2) is 6.10 Å². The molecule has 1 unspecified atom stereocenters. The lowest BCUT2D eigenvalue weighted by molar-refractivity contribution is 0.158. The average Bonchev–Trinajstić information content (AvgIpc) is 2.33. The van der Waals surface area contributed by atoms with Gasteiger partial charge in [-0.2, -0.15) is 0 Å². The first-order valence-electron chi connectivity index (χ1n) is 3.03. The molecule has 1 fully saturated rings. The second kappa shape index (κ2) is 1.79. The second-order valence-corrected chi connectivity index (χ2v) is 2.09. The molecule has 0 aliphatic carbocycles. The standard InChI is InChI=1S/C7H7O2/c1-2-6-7(8-4-1)3-5-9-6/h2,4,7H,3,5H2. The Morgan fingerprint density at radius 2 is 2.67 bits per heavy atom. The van der Waals surface area contributed by atoms with Crippen LogP contribution in [-0.4, -0.2) is 12.7 Å². The Labute approximate surface area is 53.8 Å². The predicted molar refractivity (Wildman–Crippen MR) is 31.3 cm³/mol. The highest BCUT2D eigenvalue weighted by Crippen LogP contribution is 2.22. The molecule has 47 valence electrons. The molecule has 0 spiro atoms. The molecule has 2 heterocycles. The monoisotopic (exact) mass is 123 g/mol. The maximum atomic E-state index is 5.21. The van der Waals surface area contributed by atoms with Gasteiger partial charge in [0.2, 0.25) is 0 Å². The van der Waals surface area contributed by atoms with E-state index in [1.54, 1.807) is 6.26 Å². The highest BCUT2D eigenvalue weighted by Gasteiger charge is 2.24. The number of allylic oxidation sites excluding steroid dienone is 2. The molecule has 9 heavy (non-hydrogen) atoms. The summed E-state index contributed by atoms with van der Waals surface area (Å²) >= 11 is 0. The van der Waals surface area contributed by atoms with Gasteiger partial charge < -0.3 is 9.47 Å². The summed E-state index contributed by atoms with van der Waals surface area (Å²) in [6.07, 6.45) is 7.41. The zero-order valence-electron chi connectivity index (χ0n) is 4.96. The van der Waals surface area contributed by atoms with Crippen LogP contribution in [0.5, 0.6) is 0 Å². The molecule has 2 rings (SSSR count). The van der Waals surface area contributed by atoms with Crippen molar-refractivity contribution in [2.45, 2.75) is 12.5 Å². The SMILES string of the molecule is [C]1=COC2CCOC2=C1. The van der Waals surface area contributed by atoms with Crippen molar-refractivity contribution in [3.63, 3.8) is 0 Å². The van der Waals surface area contributed by atoms with Crippen molar-refractivity contribution in [3.05, 3.63) is 24.2 Å². The predicted octanol–water partition coefficient (Wildman–Crippen LogP) is 1.01. The Morgan fingerprint density at radius 1 is 1.67 bits per heavy atom. The van der Waals surface area contributed by atoms with Crippen LogP contribution in [0.15, 0.2) is 18.1 Å². The van der Waals surface area contributed by atoms with Gasteiger partial charge in [0.1, 0.15) is 5.76 Å². The second-order valence-electron chi connectivity index (χ2n) is 2.09. The molecule has 1 atom stereocenters. The van der Waals surface area contributed by atoms with E-state index in [9.17, 15) is 0 Å². The largest absolute Gasteiger partial charge is 0.494 e. The van der Waals surface area contributed by atoms with Crippen LogP contribution in [0.4, 0.5) is 0 Å². The van der Waals surface area contributed by atoms with Crippen LogP contribution in [0, 0.1) is 6.08 Å². The molecule has 2 heteroatoms. The van der Waals surface area contributed by atoms with Crippen LogP contribution in [0.2, 0.25) is 0 Å². The summed E-state index contributed by atoms with van der Waals surface area (Å²) in [6, 6.07) is 0. The third-order valence-electron chi connectivity index (χ3n) is 1.49. The lowest BCUT2D eigenvalue weighted by Gasteiger charge is -2.11. The minimum Gasteiger partial charge on any atom is -0.494 e. The third kappa shape index (κ3) is 0.707. The average molecular weight is 123 g/mol. The van der Waals surface area contributed by atoms with Gasteiger partial charge in [-0.05, 0) is 6.08 Å². The molecular formula is C7H7O2. The first-order valence-corrected chi connectivity index (χ1v) is 3.03. The maximum absolute atomic E-state index is 5.21. The molecule has 1 radical (unpaired) electrons. The van der Waals surface area contributed by atoms with Crippen LogP contribution in [0.1, 0.15) is 6.42 Å². The van der Waals surface area contributed by atoms with Gasteiger partial charge in [0.25, 0.3) is 0 Å². The Bertz CT molecular complexity index is 170. The van der Waals surface area contributed by atoms with E-state index in [1.807, 2.05) is 6.08 Å². The third-order valence-corrected chi connectivity index (χ3v) is 1.49. The fraction of sp³-hybridized carbons (Fsp3) is 0.429. The summed E-state index contributed by atoms with van der Waals surface area (Å²) < 4.78 is 10.4. The summed E-state index contributed by atoms with van der Waals surface area (Å²) in [7, 11) is 0. The van der Waals surface area contributed by atoms with Crippen LogP contribution in [0.25, 0.3) is 0 Å². The Balaban J connectivity index is 2.23. The minimum absolute atomic E-state index is 0.186. The molecule has 0 aromatic heterocycles. The van der Waals surface area contributed by atoms with Crippen LogP contribution < -0.4 is 0 Å². The van der Waals surface area contributed by atoms with Crippen LogP contribution in [-0.2, 0) is 9.47 Å². The zero-order valence-corrected chi connectivity index (χ0v) is 4.96. The van der Waals surface area contributed by atoms with Gasteiger partial charge in [0, 0.05) is 12.5 Å². The fourth-order valence-electron chi connectivity index (χ4n) is 1.03. The fourth-order valence-corrected chi connectivity index (χ4v) is 1.03. The topological polar surface area (TPSA) is 18.5 Å². The summed E-state index contributed by atoms with van der Waals surface area (Å²) in [5.74, 6) is 0.928. The lowest BCUT2D eigenvalue weighted by Crippen LogP contribution is -2.08. The molecule has 0 saturated carbocycles. The minimum atomic E-state index is 0.186. The maximum Gasteiger partial charge on any atom is 0.158 e. The number of fused-ring (bicyclic) bond motifs is 1. The van der Waals surface area contributed by atoms with E-state index in [-0.39, 0.29) is 6.10 Å². The molecule has 1 saturated heterocycles. The van der Waals surface area contributed by atoms with E-state index in [0.29, 0.717) is 0 Å². The quantitative estimate of drug-likeness (QED) is 0.478. The van der Waals surface area contributed by atoms with Gasteiger partial charge in [-0.25, -0.2) is 0 Å². The molecule has 2 aliphatic heterocycles. The van der Waals surface area contributed by atoms with Crippen molar-refractivity contribution in [2.24, 2.45) is 0 Å². The first-order chi connectivity index (χ1) is 4.47. The molecule has 2 nitrogen and oxygen atoms in total. The van der Waals surface area contributed by atoms with Gasteiger partial charge in [-0.15, -0.1) is 0 Å². The van der Waals surface area contributed by atoms with Crippen molar-refractivity contribution in [3.8, 4) is 0 Å². The van der Waals surface area contributed by atoms with Crippen LogP contribution >= 0.6 is 0 Å². The number of ether oxygens (including phenoxy) is 2. The van der Waals surface area contributed by atoms with Gasteiger partial charge in [-0.3, -0.25) is 0 Å². The number of hydrogen-bond donors (Lipinski definition) is 0. The van der Waals surface area contributed by atoms with E-state index in [0.717, 1.165) is 18.8 Å². The van der Waals surface area contributed by atoms with E-state index >= 15 is 0 Å². The van der Waals surface area contributed by atoms with Crippen molar-refractivity contribution in [2.75, 3.05) is 6.61 Å². The first kappa shape index (κ1) is 4.91.